The smallest absolute Gasteiger partial charge is 0.273 e. The highest BCUT2D eigenvalue weighted by Gasteiger charge is 2.18. The van der Waals surface area contributed by atoms with Gasteiger partial charge in [-0.05, 0) is 61.7 Å². The van der Waals surface area contributed by atoms with Gasteiger partial charge in [0.2, 0.25) is 0 Å². The highest BCUT2D eigenvalue weighted by atomic mass is 16.6. The molecule has 1 amide bonds. The number of hydrogen-bond donors (Lipinski definition) is 1. The van der Waals surface area contributed by atoms with E-state index in [0.717, 1.165) is 16.9 Å². The van der Waals surface area contributed by atoms with Crippen molar-refractivity contribution in [3.05, 3.63) is 58.7 Å². The van der Waals surface area contributed by atoms with Crippen LogP contribution in [0.3, 0.4) is 0 Å². The van der Waals surface area contributed by atoms with E-state index in [1.807, 2.05) is 38.1 Å². The largest absolute Gasteiger partial charge is 0.457 e. The molecule has 0 aromatic heterocycles. The number of oxime groups is 1. The average Bonchev–Trinajstić information content (AvgIpc) is 2.57. The number of nitrogens with one attached hydrogen (secondary N) is 1. The molecule has 2 aromatic rings. The molecule has 0 aliphatic heterocycles. The number of carbonyl (C=O) groups is 1. The Labute approximate surface area is 142 Å². The van der Waals surface area contributed by atoms with Gasteiger partial charge in [0.1, 0.15) is 18.6 Å². The number of ether oxygens (including phenoxy) is 1. The van der Waals surface area contributed by atoms with Crippen molar-refractivity contribution in [2.75, 3.05) is 14.2 Å². The predicted octanol–water partition coefficient (Wildman–Crippen LogP) is 3.50. The van der Waals surface area contributed by atoms with Crippen LogP contribution in [0.2, 0.25) is 0 Å². The second kappa shape index (κ2) is 7.64. The Bertz CT molecular complexity index is 759. The maximum absolute atomic E-state index is 12.1. The van der Waals surface area contributed by atoms with Gasteiger partial charge >= 0.3 is 0 Å². The summed E-state index contributed by atoms with van der Waals surface area (Å²) in [6.45, 7) is 6.17. The standard InChI is InChI=1S/C19H22N2O3/c1-12-10-15(11-13(2)14(12)3)24-17-9-7-6-8-16(17)18(21-23-5)19(22)20-4/h6-11H,1-5H3,(H,20,22)/b21-18-. The summed E-state index contributed by atoms with van der Waals surface area (Å²) in [4.78, 5) is 16.9. The molecule has 0 aliphatic rings. The minimum absolute atomic E-state index is 0.163. The molecule has 0 unspecified atom stereocenters. The van der Waals surface area contributed by atoms with Gasteiger partial charge in [0, 0.05) is 7.05 Å². The lowest BCUT2D eigenvalue weighted by molar-refractivity contribution is -0.114. The van der Waals surface area contributed by atoms with Gasteiger partial charge in [-0.2, -0.15) is 0 Å². The summed E-state index contributed by atoms with van der Waals surface area (Å²) in [6.07, 6.45) is 0. The topological polar surface area (TPSA) is 59.9 Å². The van der Waals surface area contributed by atoms with Crippen LogP contribution < -0.4 is 10.1 Å². The maximum atomic E-state index is 12.1. The van der Waals surface area contributed by atoms with Crippen molar-refractivity contribution in [2.45, 2.75) is 20.8 Å². The fraction of sp³-hybridized carbons (Fsp3) is 0.263. The SMILES string of the molecule is CNC(=O)/C(=N\OC)c1ccccc1Oc1cc(C)c(C)c(C)c1. The van der Waals surface area contributed by atoms with Gasteiger partial charge < -0.3 is 14.9 Å². The first-order valence-electron chi connectivity index (χ1n) is 7.66. The van der Waals surface area contributed by atoms with Crippen LogP contribution in [0, 0.1) is 20.8 Å². The van der Waals surface area contributed by atoms with Crippen molar-refractivity contribution < 1.29 is 14.4 Å². The van der Waals surface area contributed by atoms with E-state index in [9.17, 15) is 4.79 Å². The molecule has 0 bridgehead atoms. The second-order valence-corrected chi connectivity index (χ2v) is 5.48. The van der Waals surface area contributed by atoms with Crippen LogP contribution in [0.15, 0.2) is 41.6 Å². The molecule has 2 rings (SSSR count). The zero-order valence-corrected chi connectivity index (χ0v) is 14.6. The summed E-state index contributed by atoms with van der Waals surface area (Å²) >= 11 is 0. The molecule has 0 radical (unpaired) electrons. The Kier molecular flexibility index (Phi) is 5.58. The molecule has 2 aromatic carbocycles. The number of aryl methyl sites for hydroxylation is 2. The molecule has 0 saturated heterocycles. The molecule has 126 valence electrons. The van der Waals surface area contributed by atoms with E-state index in [1.54, 1.807) is 19.2 Å². The highest BCUT2D eigenvalue weighted by Crippen LogP contribution is 2.29. The lowest BCUT2D eigenvalue weighted by Gasteiger charge is -2.14. The number of likely N-dealkylation sites (N-methyl/N-ethyl adjacent to an activating group) is 1. The number of amides is 1. The van der Waals surface area contributed by atoms with Crippen molar-refractivity contribution in [3.8, 4) is 11.5 Å². The summed E-state index contributed by atoms with van der Waals surface area (Å²) < 4.78 is 6.03. The molecule has 0 saturated carbocycles. The first-order valence-corrected chi connectivity index (χ1v) is 7.66. The maximum Gasteiger partial charge on any atom is 0.273 e. The lowest BCUT2D eigenvalue weighted by atomic mass is 10.0. The summed E-state index contributed by atoms with van der Waals surface area (Å²) in [5, 5.41) is 6.40. The van der Waals surface area contributed by atoms with Crippen LogP contribution >= 0.6 is 0 Å². The molecule has 0 spiro atoms. The Hall–Kier alpha value is -2.82. The summed E-state index contributed by atoms with van der Waals surface area (Å²) in [5.74, 6) is 0.917. The van der Waals surface area contributed by atoms with E-state index in [-0.39, 0.29) is 11.6 Å². The number of rotatable bonds is 5. The normalized spacial score (nSPS) is 11.1. The van der Waals surface area contributed by atoms with Crippen molar-refractivity contribution in [3.63, 3.8) is 0 Å². The molecule has 0 heterocycles. The summed E-state index contributed by atoms with van der Waals surface area (Å²) in [6, 6.07) is 11.2. The Morgan fingerprint density at radius 1 is 1.08 bits per heavy atom. The first kappa shape index (κ1) is 17.5. The van der Waals surface area contributed by atoms with E-state index >= 15 is 0 Å². The van der Waals surface area contributed by atoms with Crippen molar-refractivity contribution in [2.24, 2.45) is 5.16 Å². The third kappa shape index (κ3) is 3.74. The molecule has 5 heteroatoms. The van der Waals surface area contributed by atoms with Gasteiger partial charge in [0.25, 0.3) is 5.91 Å². The number of hydrogen-bond acceptors (Lipinski definition) is 4. The van der Waals surface area contributed by atoms with E-state index < -0.39 is 0 Å². The zero-order valence-electron chi connectivity index (χ0n) is 14.6. The first-order chi connectivity index (χ1) is 11.5. The average molecular weight is 326 g/mol. The fourth-order valence-corrected chi connectivity index (χ4v) is 2.36. The monoisotopic (exact) mass is 326 g/mol. The Morgan fingerprint density at radius 2 is 1.71 bits per heavy atom. The molecule has 1 N–H and O–H groups in total. The lowest BCUT2D eigenvalue weighted by Crippen LogP contribution is -2.28. The number of carbonyl (C=O) groups excluding carboxylic acids is 1. The quantitative estimate of drug-likeness (QED) is 0.676. The summed E-state index contributed by atoms with van der Waals surface area (Å²) in [5.41, 5.74) is 4.27. The summed E-state index contributed by atoms with van der Waals surface area (Å²) in [7, 11) is 2.95. The molecule has 24 heavy (non-hydrogen) atoms. The van der Waals surface area contributed by atoms with Crippen LogP contribution in [0.1, 0.15) is 22.3 Å². The van der Waals surface area contributed by atoms with Crippen LogP contribution in [0.25, 0.3) is 0 Å². The third-order valence-electron chi connectivity index (χ3n) is 3.90. The van der Waals surface area contributed by atoms with E-state index in [1.165, 1.54) is 12.7 Å². The fourth-order valence-electron chi connectivity index (χ4n) is 2.36. The van der Waals surface area contributed by atoms with Crippen LogP contribution in [-0.4, -0.2) is 25.8 Å². The number of benzene rings is 2. The van der Waals surface area contributed by atoms with Gasteiger partial charge in [-0.25, -0.2) is 0 Å². The molecule has 0 fully saturated rings. The van der Waals surface area contributed by atoms with Crippen molar-refractivity contribution >= 4 is 11.6 Å². The van der Waals surface area contributed by atoms with Gasteiger partial charge in [-0.15, -0.1) is 0 Å². The van der Waals surface area contributed by atoms with Gasteiger partial charge in [0.05, 0.1) is 5.56 Å². The Morgan fingerprint density at radius 3 is 2.29 bits per heavy atom. The van der Waals surface area contributed by atoms with E-state index in [2.05, 4.69) is 17.4 Å². The molecular weight excluding hydrogens is 304 g/mol. The van der Waals surface area contributed by atoms with E-state index in [0.29, 0.717) is 11.3 Å². The third-order valence-corrected chi connectivity index (χ3v) is 3.90. The van der Waals surface area contributed by atoms with Gasteiger partial charge in [0.15, 0.2) is 5.71 Å². The molecular formula is C19H22N2O3. The van der Waals surface area contributed by atoms with Crippen molar-refractivity contribution in [1.82, 2.24) is 5.32 Å². The minimum Gasteiger partial charge on any atom is -0.457 e. The number of nitrogens with zero attached hydrogens (tertiary/aromatic N) is 1. The molecule has 5 nitrogen and oxygen atoms in total. The Balaban J connectivity index is 2.46. The highest BCUT2D eigenvalue weighted by molar-refractivity contribution is 6.45. The van der Waals surface area contributed by atoms with Gasteiger partial charge in [-0.1, -0.05) is 17.3 Å². The number of para-hydroxylation sites is 1. The minimum atomic E-state index is -0.343. The molecule has 0 aliphatic carbocycles. The predicted molar refractivity (Wildman–Crippen MR) is 94.8 cm³/mol. The van der Waals surface area contributed by atoms with Gasteiger partial charge in [-0.3, -0.25) is 4.79 Å². The zero-order chi connectivity index (χ0) is 17.7. The van der Waals surface area contributed by atoms with Crippen molar-refractivity contribution in [1.29, 1.82) is 0 Å². The molecule has 0 atom stereocenters. The second-order valence-electron chi connectivity index (χ2n) is 5.48. The van der Waals surface area contributed by atoms with Crippen LogP contribution in [0.4, 0.5) is 0 Å². The van der Waals surface area contributed by atoms with Crippen LogP contribution in [-0.2, 0) is 9.63 Å². The van der Waals surface area contributed by atoms with E-state index in [4.69, 9.17) is 9.57 Å². The van der Waals surface area contributed by atoms with Crippen LogP contribution in [0.5, 0.6) is 11.5 Å².